The summed E-state index contributed by atoms with van der Waals surface area (Å²) in [6, 6.07) is 0. The van der Waals surface area contributed by atoms with Crippen LogP contribution in [0.5, 0.6) is 0 Å². The van der Waals surface area contributed by atoms with Gasteiger partial charge in [0, 0.05) is 16.8 Å². The highest BCUT2D eigenvalue weighted by molar-refractivity contribution is 7.11. The van der Waals surface area contributed by atoms with Crippen molar-refractivity contribution in [3.63, 3.8) is 0 Å². The minimum atomic E-state index is 0.0900. The summed E-state index contributed by atoms with van der Waals surface area (Å²) in [5.74, 6) is 0. The molecule has 0 radical (unpaired) electrons. The molecular weight excluding hydrogens is 230 g/mol. The first-order valence-electron chi connectivity index (χ1n) is 6.33. The molecule has 1 rings (SSSR count). The van der Waals surface area contributed by atoms with Crippen molar-refractivity contribution in [2.75, 3.05) is 13.1 Å². The molecule has 0 bridgehead atoms. The fourth-order valence-corrected chi connectivity index (χ4v) is 3.03. The van der Waals surface area contributed by atoms with Crippen LogP contribution in [0, 0.1) is 0 Å². The molecule has 0 amide bonds. The summed E-state index contributed by atoms with van der Waals surface area (Å²) >= 11 is 1.77. The number of thiazole rings is 1. The van der Waals surface area contributed by atoms with Crippen LogP contribution in [0.2, 0.25) is 0 Å². The number of nitrogens with zero attached hydrogens (tertiary/aromatic N) is 2. The molecule has 0 aromatic carbocycles. The van der Waals surface area contributed by atoms with Gasteiger partial charge >= 0.3 is 0 Å². The maximum Gasteiger partial charge on any atom is 0.107 e. The minimum Gasteiger partial charge on any atom is -0.326 e. The van der Waals surface area contributed by atoms with Crippen molar-refractivity contribution >= 4 is 11.3 Å². The molecule has 0 saturated carbocycles. The van der Waals surface area contributed by atoms with Crippen LogP contribution >= 0.6 is 11.3 Å². The first kappa shape index (κ1) is 14.6. The average Bonchev–Trinajstić information content (AvgIpc) is 2.68. The number of aromatic nitrogens is 1. The molecule has 0 aliphatic rings. The SMILES string of the molecule is CCN(CC)Cc1nc(C(C)(C)C)c(CN)s1. The van der Waals surface area contributed by atoms with Gasteiger partial charge in [0.25, 0.3) is 0 Å². The molecule has 3 nitrogen and oxygen atoms in total. The Hall–Kier alpha value is -0.450. The lowest BCUT2D eigenvalue weighted by atomic mass is 9.91. The van der Waals surface area contributed by atoms with Crippen LogP contribution in [0.4, 0.5) is 0 Å². The van der Waals surface area contributed by atoms with Gasteiger partial charge in [-0.15, -0.1) is 11.3 Å². The predicted octanol–water partition coefficient (Wildman–Crippen LogP) is 2.74. The number of nitrogens with two attached hydrogens (primary N) is 1. The lowest BCUT2D eigenvalue weighted by Crippen LogP contribution is -2.22. The van der Waals surface area contributed by atoms with Crippen molar-refractivity contribution in [2.45, 2.75) is 53.1 Å². The van der Waals surface area contributed by atoms with E-state index in [4.69, 9.17) is 10.7 Å². The number of hydrogen-bond acceptors (Lipinski definition) is 4. The molecule has 0 spiro atoms. The van der Waals surface area contributed by atoms with Gasteiger partial charge in [0.2, 0.25) is 0 Å². The summed E-state index contributed by atoms with van der Waals surface area (Å²) in [6.45, 7) is 14.6. The first-order valence-corrected chi connectivity index (χ1v) is 7.15. The van der Waals surface area contributed by atoms with Crippen molar-refractivity contribution in [1.29, 1.82) is 0 Å². The molecule has 0 fully saturated rings. The zero-order valence-corrected chi connectivity index (χ0v) is 12.5. The van der Waals surface area contributed by atoms with E-state index in [1.807, 2.05) is 0 Å². The Labute approximate surface area is 109 Å². The molecule has 98 valence electrons. The highest BCUT2D eigenvalue weighted by atomic mass is 32.1. The summed E-state index contributed by atoms with van der Waals surface area (Å²) in [6.07, 6.45) is 0. The van der Waals surface area contributed by atoms with Crippen LogP contribution in [-0.2, 0) is 18.5 Å². The third-order valence-electron chi connectivity index (χ3n) is 2.89. The zero-order chi connectivity index (χ0) is 13.1. The summed E-state index contributed by atoms with van der Waals surface area (Å²) in [5.41, 5.74) is 7.08. The second-order valence-electron chi connectivity index (χ2n) is 5.29. The fraction of sp³-hybridized carbons (Fsp3) is 0.769. The molecule has 0 unspecified atom stereocenters. The quantitative estimate of drug-likeness (QED) is 0.879. The van der Waals surface area contributed by atoms with Gasteiger partial charge in [-0.25, -0.2) is 4.98 Å². The Bertz CT molecular complexity index is 348. The molecule has 0 aliphatic heterocycles. The van der Waals surface area contributed by atoms with E-state index in [0.29, 0.717) is 6.54 Å². The van der Waals surface area contributed by atoms with Crippen LogP contribution in [0.25, 0.3) is 0 Å². The summed E-state index contributed by atoms with van der Waals surface area (Å²) < 4.78 is 0. The average molecular weight is 255 g/mol. The van der Waals surface area contributed by atoms with E-state index in [1.54, 1.807) is 11.3 Å². The Balaban J connectivity index is 2.93. The van der Waals surface area contributed by atoms with Gasteiger partial charge < -0.3 is 5.73 Å². The Morgan fingerprint density at radius 2 is 1.82 bits per heavy atom. The van der Waals surface area contributed by atoms with Crippen molar-refractivity contribution in [3.8, 4) is 0 Å². The van der Waals surface area contributed by atoms with E-state index in [1.165, 1.54) is 15.6 Å². The van der Waals surface area contributed by atoms with E-state index >= 15 is 0 Å². The largest absolute Gasteiger partial charge is 0.326 e. The van der Waals surface area contributed by atoms with E-state index in [9.17, 15) is 0 Å². The van der Waals surface area contributed by atoms with E-state index < -0.39 is 0 Å². The van der Waals surface area contributed by atoms with Crippen LogP contribution in [-0.4, -0.2) is 23.0 Å². The fourth-order valence-electron chi connectivity index (χ4n) is 1.83. The van der Waals surface area contributed by atoms with E-state index in [2.05, 4.69) is 39.5 Å². The number of rotatable bonds is 5. The lowest BCUT2D eigenvalue weighted by Gasteiger charge is -2.17. The molecule has 0 aliphatic carbocycles. The summed E-state index contributed by atoms with van der Waals surface area (Å²) in [7, 11) is 0. The van der Waals surface area contributed by atoms with Crippen LogP contribution in [0.1, 0.15) is 50.2 Å². The normalized spacial score (nSPS) is 12.4. The maximum absolute atomic E-state index is 5.81. The highest BCUT2D eigenvalue weighted by Crippen LogP contribution is 2.29. The van der Waals surface area contributed by atoms with Gasteiger partial charge in [-0.1, -0.05) is 34.6 Å². The molecule has 17 heavy (non-hydrogen) atoms. The molecule has 1 aromatic rings. The minimum absolute atomic E-state index is 0.0900. The van der Waals surface area contributed by atoms with Crippen molar-refractivity contribution < 1.29 is 0 Å². The van der Waals surface area contributed by atoms with Gasteiger partial charge in [-0.2, -0.15) is 0 Å². The van der Waals surface area contributed by atoms with Crippen LogP contribution in [0.15, 0.2) is 0 Å². The molecule has 2 N–H and O–H groups in total. The second kappa shape index (κ2) is 5.94. The Morgan fingerprint density at radius 1 is 1.24 bits per heavy atom. The Kier molecular flexibility index (Phi) is 5.10. The standard InChI is InChI=1S/C13H25N3S/c1-6-16(7-2)9-11-15-12(13(3,4)5)10(8-14)17-11/h6-9,14H2,1-5H3. The third-order valence-corrected chi connectivity index (χ3v) is 3.95. The van der Waals surface area contributed by atoms with Gasteiger partial charge in [-0.05, 0) is 13.1 Å². The van der Waals surface area contributed by atoms with Crippen molar-refractivity contribution in [1.82, 2.24) is 9.88 Å². The van der Waals surface area contributed by atoms with Gasteiger partial charge in [-0.3, -0.25) is 4.90 Å². The van der Waals surface area contributed by atoms with Gasteiger partial charge in [0.1, 0.15) is 5.01 Å². The van der Waals surface area contributed by atoms with Gasteiger partial charge in [0.05, 0.1) is 12.2 Å². The summed E-state index contributed by atoms with van der Waals surface area (Å²) in [5, 5.41) is 1.19. The summed E-state index contributed by atoms with van der Waals surface area (Å²) in [4.78, 5) is 8.40. The second-order valence-corrected chi connectivity index (χ2v) is 6.46. The smallest absolute Gasteiger partial charge is 0.107 e. The topological polar surface area (TPSA) is 42.2 Å². The van der Waals surface area contributed by atoms with Crippen LogP contribution < -0.4 is 5.73 Å². The monoisotopic (exact) mass is 255 g/mol. The lowest BCUT2D eigenvalue weighted by molar-refractivity contribution is 0.295. The van der Waals surface area contributed by atoms with E-state index in [-0.39, 0.29) is 5.41 Å². The molecule has 4 heteroatoms. The van der Waals surface area contributed by atoms with Crippen LogP contribution in [0.3, 0.4) is 0 Å². The maximum atomic E-state index is 5.81. The first-order chi connectivity index (χ1) is 7.92. The molecule has 1 aromatic heterocycles. The van der Waals surface area contributed by atoms with E-state index in [0.717, 1.165) is 19.6 Å². The van der Waals surface area contributed by atoms with Crippen molar-refractivity contribution in [3.05, 3.63) is 15.6 Å². The number of hydrogen-bond donors (Lipinski definition) is 1. The van der Waals surface area contributed by atoms with Gasteiger partial charge in [0.15, 0.2) is 0 Å². The molecule has 0 atom stereocenters. The predicted molar refractivity (Wildman–Crippen MR) is 75.3 cm³/mol. The third kappa shape index (κ3) is 3.76. The Morgan fingerprint density at radius 3 is 2.18 bits per heavy atom. The van der Waals surface area contributed by atoms with Crippen molar-refractivity contribution in [2.24, 2.45) is 5.73 Å². The molecule has 1 heterocycles. The zero-order valence-electron chi connectivity index (χ0n) is 11.7. The molecule has 0 saturated heterocycles. The molecular formula is C13H25N3S. The highest BCUT2D eigenvalue weighted by Gasteiger charge is 2.22.